The molecular formula is C39H38ClF6N3O2. The average molecular weight is 730 g/mol. The van der Waals surface area contributed by atoms with Gasteiger partial charge in [0, 0.05) is 17.6 Å². The van der Waals surface area contributed by atoms with Crippen molar-refractivity contribution < 1.29 is 35.9 Å². The second-order valence-corrected chi connectivity index (χ2v) is 13.0. The molecule has 5 nitrogen and oxygen atoms in total. The van der Waals surface area contributed by atoms with E-state index in [1.807, 2.05) is 36.4 Å². The Morgan fingerprint density at radius 1 is 0.686 bits per heavy atom. The van der Waals surface area contributed by atoms with Crippen LogP contribution in [0.4, 0.5) is 26.3 Å². The van der Waals surface area contributed by atoms with E-state index in [-0.39, 0.29) is 30.4 Å². The maximum absolute atomic E-state index is 13.7. The molecule has 12 heteroatoms. The minimum absolute atomic E-state index is 0. The smallest absolute Gasteiger partial charge is 0.349 e. The summed E-state index contributed by atoms with van der Waals surface area (Å²) in [5.74, 6) is -0.952. The molecule has 51 heavy (non-hydrogen) atoms. The molecule has 0 aliphatic heterocycles. The lowest BCUT2D eigenvalue weighted by atomic mass is 9.73. The molecule has 2 amide bonds. The van der Waals surface area contributed by atoms with Gasteiger partial charge < -0.3 is 16.0 Å². The molecule has 0 spiro atoms. The summed E-state index contributed by atoms with van der Waals surface area (Å²) in [6.07, 6.45) is -5.11. The monoisotopic (exact) mass is 729 g/mol. The highest BCUT2D eigenvalue weighted by atomic mass is 35.5. The molecule has 6 rings (SSSR count). The Kier molecular flexibility index (Phi) is 11.5. The number of halogens is 7. The Balaban J connectivity index is 0.00000504. The van der Waals surface area contributed by atoms with Crippen molar-refractivity contribution in [1.82, 2.24) is 16.0 Å². The van der Waals surface area contributed by atoms with Crippen LogP contribution < -0.4 is 16.0 Å². The number of fused-ring (bicyclic) bond motifs is 3. The van der Waals surface area contributed by atoms with Gasteiger partial charge in [-0.2, -0.15) is 26.3 Å². The van der Waals surface area contributed by atoms with Crippen molar-refractivity contribution >= 4 is 24.2 Å². The molecule has 4 aromatic rings. The fourth-order valence-corrected chi connectivity index (χ4v) is 7.42. The van der Waals surface area contributed by atoms with Crippen molar-refractivity contribution in [2.45, 2.75) is 68.4 Å². The zero-order valence-corrected chi connectivity index (χ0v) is 28.4. The molecule has 3 N–H and O–H groups in total. The predicted molar refractivity (Wildman–Crippen MR) is 187 cm³/mol. The molecule has 0 radical (unpaired) electrons. The molecule has 0 aromatic heterocycles. The van der Waals surface area contributed by atoms with Gasteiger partial charge in [-0.25, -0.2) is 0 Å². The predicted octanol–water partition coefficient (Wildman–Crippen LogP) is 8.85. The highest BCUT2D eigenvalue weighted by Crippen LogP contribution is 2.51. The molecular weight excluding hydrogens is 692 g/mol. The zero-order chi connectivity index (χ0) is 35.5. The summed E-state index contributed by atoms with van der Waals surface area (Å²) in [6, 6.07) is 26.4. The fourth-order valence-electron chi connectivity index (χ4n) is 7.42. The molecule has 0 atom stereocenters. The third-order valence-electron chi connectivity index (χ3n) is 9.82. The number of carbonyl (C=O) groups is 2. The van der Waals surface area contributed by atoms with E-state index in [0.717, 1.165) is 48.9 Å². The normalized spacial score (nSPS) is 17.8. The van der Waals surface area contributed by atoms with Gasteiger partial charge in [-0.05, 0) is 96.6 Å². The minimum atomic E-state index is -4.54. The van der Waals surface area contributed by atoms with E-state index < -0.39 is 35.8 Å². The minimum Gasteiger partial charge on any atom is -0.349 e. The first-order chi connectivity index (χ1) is 23.9. The van der Waals surface area contributed by atoms with E-state index in [0.29, 0.717) is 47.2 Å². The molecule has 1 saturated carbocycles. The van der Waals surface area contributed by atoms with Gasteiger partial charge in [0.05, 0.1) is 5.56 Å². The highest BCUT2D eigenvalue weighted by Gasteiger charge is 2.49. The van der Waals surface area contributed by atoms with Gasteiger partial charge in [0.25, 0.3) is 5.91 Å². The van der Waals surface area contributed by atoms with Crippen LogP contribution in [0, 0.1) is 0 Å². The average Bonchev–Trinajstić information content (AvgIpc) is 3.39. The van der Waals surface area contributed by atoms with E-state index in [1.54, 1.807) is 36.4 Å². The molecule has 270 valence electrons. The van der Waals surface area contributed by atoms with E-state index >= 15 is 0 Å². The Hall–Kier alpha value is -4.35. The number of alkyl halides is 6. The van der Waals surface area contributed by atoms with Crippen LogP contribution in [-0.4, -0.2) is 43.2 Å². The first kappa shape index (κ1) is 37.9. The third kappa shape index (κ3) is 8.25. The van der Waals surface area contributed by atoms with Crippen molar-refractivity contribution in [2.75, 3.05) is 13.1 Å². The van der Waals surface area contributed by atoms with Gasteiger partial charge in [0.15, 0.2) is 0 Å². The van der Waals surface area contributed by atoms with Crippen molar-refractivity contribution in [2.24, 2.45) is 0 Å². The number of hydrogen-bond donors (Lipinski definition) is 3. The zero-order valence-electron chi connectivity index (χ0n) is 27.5. The van der Waals surface area contributed by atoms with E-state index in [2.05, 4.69) is 16.0 Å². The molecule has 0 unspecified atom stereocenters. The molecule has 2 aliphatic carbocycles. The Morgan fingerprint density at radius 3 is 1.78 bits per heavy atom. The fraction of sp³-hybridized carbons (Fsp3) is 0.333. The summed E-state index contributed by atoms with van der Waals surface area (Å²) in [6.45, 7) is -0.850. The molecule has 4 aromatic carbocycles. The topological polar surface area (TPSA) is 70.2 Å². The van der Waals surface area contributed by atoms with Crippen LogP contribution >= 0.6 is 12.4 Å². The maximum Gasteiger partial charge on any atom is 0.416 e. The summed E-state index contributed by atoms with van der Waals surface area (Å²) < 4.78 is 78.7. The number of hydrogen-bond acceptors (Lipinski definition) is 3. The van der Waals surface area contributed by atoms with E-state index in [9.17, 15) is 35.9 Å². The van der Waals surface area contributed by atoms with Crippen LogP contribution in [0.2, 0.25) is 0 Å². The standard InChI is InChI=1S/C39H37F6N3O2.ClH/c40-38(41,42)24-47-36(50)37(33-12-5-3-9-30(33)31-10-4-6-13-34(31)37)22-7-23-46-27-18-20-28(21-19-27)48-35(49)32-11-2-1-8-29(32)25-14-16-26(17-15-25)39(43,44)45;/h1-6,8-17,27-28,46H,7,18-24H2,(H,47,50)(H,48,49);1H. The highest BCUT2D eigenvalue weighted by molar-refractivity contribution is 6.01. The van der Waals surface area contributed by atoms with Gasteiger partial charge in [0.2, 0.25) is 5.91 Å². The van der Waals surface area contributed by atoms with Gasteiger partial charge in [-0.1, -0.05) is 78.9 Å². The third-order valence-corrected chi connectivity index (χ3v) is 9.82. The summed E-state index contributed by atoms with van der Waals surface area (Å²) in [7, 11) is 0. The summed E-state index contributed by atoms with van der Waals surface area (Å²) in [5.41, 5.74) is 2.55. The van der Waals surface area contributed by atoms with Gasteiger partial charge >= 0.3 is 12.4 Å². The van der Waals surface area contributed by atoms with Gasteiger partial charge in [-0.3, -0.25) is 9.59 Å². The number of nitrogens with one attached hydrogen (secondary N) is 3. The lowest BCUT2D eigenvalue weighted by Crippen LogP contribution is -2.47. The van der Waals surface area contributed by atoms with Crippen molar-refractivity contribution in [1.29, 1.82) is 0 Å². The summed E-state index contributed by atoms with van der Waals surface area (Å²) in [5, 5.41) is 8.82. The molecule has 0 heterocycles. The number of rotatable bonds is 10. The second-order valence-electron chi connectivity index (χ2n) is 13.0. The Labute approximate surface area is 298 Å². The largest absolute Gasteiger partial charge is 0.416 e. The van der Waals surface area contributed by atoms with E-state index in [1.165, 1.54) is 12.1 Å². The van der Waals surface area contributed by atoms with Crippen LogP contribution in [0.3, 0.4) is 0 Å². The SMILES string of the molecule is Cl.O=C(NC1CCC(NCCCC2(C(=O)NCC(F)(F)F)c3ccccc3-c3ccccc32)CC1)c1ccccc1-c1ccc(C(F)(F)F)cc1. The first-order valence-corrected chi connectivity index (χ1v) is 16.7. The molecule has 0 saturated heterocycles. The van der Waals surface area contributed by atoms with Gasteiger partial charge in [-0.15, -0.1) is 12.4 Å². The molecule has 0 bridgehead atoms. The quantitative estimate of drug-likeness (QED) is 0.113. The van der Waals surface area contributed by atoms with Crippen molar-refractivity contribution in [3.8, 4) is 22.3 Å². The van der Waals surface area contributed by atoms with Crippen molar-refractivity contribution in [3.05, 3.63) is 119 Å². The second kappa shape index (κ2) is 15.5. The number of benzene rings is 4. The lowest BCUT2D eigenvalue weighted by molar-refractivity contribution is -0.141. The molecule has 2 aliphatic rings. The van der Waals surface area contributed by atoms with Crippen LogP contribution in [0.5, 0.6) is 0 Å². The van der Waals surface area contributed by atoms with Crippen LogP contribution in [0.15, 0.2) is 97.1 Å². The van der Waals surface area contributed by atoms with E-state index in [4.69, 9.17) is 0 Å². The number of carbonyl (C=O) groups excluding carboxylic acids is 2. The van der Waals surface area contributed by atoms with Crippen molar-refractivity contribution in [3.63, 3.8) is 0 Å². The van der Waals surface area contributed by atoms with Crippen LogP contribution in [0.25, 0.3) is 22.3 Å². The Morgan fingerprint density at radius 2 is 1.22 bits per heavy atom. The maximum atomic E-state index is 13.7. The molecule has 1 fully saturated rings. The first-order valence-electron chi connectivity index (χ1n) is 16.7. The van der Waals surface area contributed by atoms with Gasteiger partial charge in [0.1, 0.15) is 12.0 Å². The summed E-state index contributed by atoms with van der Waals surface area (Å²) >= 11 is 0. The lowest BCUT2D eigenvalue weighted by Gasteiger charge is -2.32. The van der Waals surface area contributed by atoms with Crippen LogP contribution in [0.1, 0.15) is 65.6 Å². The Bertz CT molecular complexity index is 1790. The van der Waals surface area contributed by atoms with Crippen LogP contribution in [-0.2, 0) is 16.4 Å². The number of amides is 2. The summed E-state index contributed by atoms with van der Waals surface area (Å²) in [4.78, 5) is 27.0.